The van der Waals surface area contributed by atoms with Crippen molar-refractivity contribution < 1.29 is 0 Å². The first-order chi connectivity index (χ1) is 9.97. The summed E-state index contributed by atoms with van der Waals surface area (Å²) >= 11 is 1.87. The number of nitrogens with two attached hydrogens (primary N) is 1. The lowest BCUT2D eigenvalue weighted by Crippen LogP contribution is -2.21. The van der Waals surface area contributed by atoms with Crippen LogP contribution in [0.1, 0.15) is 40.9 Å². The largest absolute Gasteiger partial charge is 0.368 e. The molecule has 0 aliphatic carbocycles. The van der Waals surface area contributed by atoms with E-state index in [1.807, 2.05) is 18.3 Å². The van der Waals surface area contributed by atoms with Crippen molar-refractivity contribution >= 4 is 23.2 Å². The highest BCUT2D eigenvalue weighted by Gasteiger charge is 2.11. The summed E-state index contributed by atoms with van der Waals surface area (Å²) in [5.74, 6) is 1.48. The van der Waals surface area contributed by atoms with Gasteiger partial charge in [0.1, 0.15) is 5.82 Å². The molecule has 114 valence electrons. The first kappa shape index (κ1) is 15.7. The van der Waals surface area contributed by atoms with E-state index in [0.29, 0.717) is 17.8 Å². The normalized spacial score (nSPS) is 12.4. The monoisotopic (exact) mass is 305 g/mol. The first-order valence-electron chi connectivity index (χ1n) is 7.28. The van der Waals surface area contributed by atoms with Crippen LogP contribution in [-0.4, -0.2) is 21.0 Å². The fraction of sp³-hybridized carbons (Fsp3) is 0.533. The number of rotatable bonds is 6. The highest BCUT2D eigenvalue weighted by Crippen LogP contribution is 2.23. The Hall–Kier alpha value is -1.69. The summed E-state index contributed by atoms with van der Waals surface area (Å²) in [4.78, 5) is 15.2. The smallest absolute Gasteiger partial charge is 0.227 e. The molecule has 0 saturated carbocycles. The van der Waals surface area contributed by atoms with E-state index in [-0.39, 0.29) is 5.95 Å². The molecule has 0 amide bonds. The van der Waals surface area contributed by atoms with Crippen molar-refractivity contribution in [3.8, 4) is 0 Å². The van der Waals surface area contributed by atoms with E-state index in [2.05, 4.69) is 47.1 Å². The number of hydrogen-bond donors (Lipinski definition) is 2. The van der Waals surface area contributed by atoms with Crippen LogP contribution in [0.5, 0.6) is 0 Å². The molecule has 0 aliphatic rings. The molecule has 0 aliphatic heterocycles. The lowest BCUT2D eigenvalue weighted by Gasteiger charge is -2.17. The molecule has 1 unspecified atom stereocenters. The van der Waals surface area contributed by atoms with Gasteiger partial charge in [0.2, 0.25) is 11.9 Å². The van der Waals surface area contributed by atoms with E-state index in [1.54, 1.807) is 0 Å². The van der Waals surface area contributed by atoms with E-state index in [9.17, 15) is 0 Å². The second-order valence-corrected chi connectivity index (χ2v) is 6.75. The minimum atomic E-state index is 0.268. The van der Waals surface area contributed by atoms with Crippen molar-refractivity contribution in [3.05, 3.63) is 27.2 Å². The zero-order valence-corrected chi connectivity index (χ0v) is 13.9. The molecule has 0 saturated heterocycles. The molecule has 2 rings (SSSR count). The summed E-state index contributed by atoms with van der Waals surface area (Å²) in [6, 6.07) is 2.63. The Kier molecular flexibility index (Phi) is 5.12. The van der Waals surface area contributed by atoms with Gasteiger partial charge in [0.05, 0.1) is 0 Å². The highest BCUT2D eigenvalue weighted by atomic mass is 32.1. The third-order valence-corrected chi connectivity index (χ3v) is 4.50. The van der Waals surface area contributed by atoms with Crippen molar-refractivity contribution in [2.24, 2.45) is 0 Å². The van der Waals surface area contributed by atoms with E-state index >= 15 is 0 Å². The predicted molar refractivity (Wildman–Crippen MR) is 88.8 cm³/mol. The van der Waals surface area contributed by atoms with Gasteiger partial charge >= 0.3 is 0 Å². The van der Waals surface area contributed by atoms with Crippen LogP contribution in [0.4, 0.5) is 11.9 Å². The molecule has 3 N–H and O–H groups in total. The molecule has 2 aromatic rings. The molecule has 0 fully saturated rings. The first-order valence-corrected chi connectivity index (χ1v) is 8.10. The van der Waals surface area contributed by atoms with Crippen LogP contribution in [0, 0.1) is 20.8 Å². The summed E-state index contributed by atoms with van der Waals surface area (Å²) in [6.07, 6.45) is 3.15. The van der Waals surface area contributed by atoms with Crippen LogP contribution in [-0.2, 0) is 6.42 Å². The quantitative estimate of drug-likeness (QED) is 0.856. The van der Waals surface area contributed by atoms with E-state index in [0.717, 1.165) is 19.3 Å². The highest BCUT2D eigenvalue weighted by molar-refractivity contribution is 7.12. The standard InChI is InChI=1S/C15H23N5S/c1-5-13(7-6-12-8-9(2)21-10(12)3)19-15-18-11(4)17-14(16)20-15/h8,13H,5-7H2,1-4H3,(H3,16,17,18,19,20). The Labute approximate surface area is 130 Å². The number of aromatic nitrogens is 3. The number of nitrogens with one attached hydrogen (secondary N) is 1. The number of hydrogen-bond acceptors (Lipinski definition) is 6. The lowest BCUT2D eigenvalue weighted by atomic mass is 10.0. The van der Waals surface area contributed by atoms with Crippen LogP contribution < -0.4 is 11.1 Å². The average Bonchev–Trinajstić information content (AvgIpc) is 2.71. The van der Waals surface area contributed by atoms with Crippen LogP contribution in [0.3, 0.4) is 0 Å². The molecular weight excluding hydrogens is 282 g/mol. The SMILES string of the molecule is CCC(CCc1cc(C)sc1C)Nc1nc(C)nc(N)n1. The summed E-state index contributed by atoms with van der Waals surface area (Å²) in [5.41, 5.74) is 7.11. The maximum absolute atomic E-state index is 5.66. The van der Waals surface area contributed by atoms with Crippen LogP contribution in [0.25, 0.3) is 0 Å². The molecule has 0 bridgehead atoms. The van der Waals surface area contributed by atoms with Crippen molar-refractivity contribution in [1.29, 1.82) is 0 Å². The van der Waals surface area contributed by atoms with Gasteiger partial charge in [-0.2, -0.15) is 15.0 Å². The molecule has 1 atom stereocenters. The fourth-order valence-corrected chi connectivity index (χ4v) is 3.37. The number of anilines is 2. The molecule has 2 heterocycles. The van der Waals surface area contributed by atoms with E-state index in [1.165, 1.54) is 15.3 Å². The van der Waals surface area contributed by atoms with Crippen molar-refractivity contribution in [1.82, 2.24) is 15.0 Å². The van der Waals surface area contributed by atoms with Gasteiger partial charge in [0.25, 0.3) is 0 Å². The van der Waals surface area contributed by atoms with Crippen LogP contribution >= 0.6 is 11.3 Å². The second kappa shape index (κ2) is 6.85. The predicted octanol–water partition coefficient (Wildman–Crippen LogP) is 3.26. The zero-order valence-electron chi connectivity index (χ0n) is 13.1. The van der Waals surface area contributed by atoms with Gasteiger partial charge in [-0.3, -0.25) is 0 Å². The van der Waals surface area contributed by atoms with Gasteiger partial charge in [-0.05, 0) is 51.7 Å². The van der Waals surface area contributed by atoms with Crippen molar-refractivity contribution in [3.63, 3.8) is 0 Å². The Bertz CT molecular complexity index is 588. The Balaban J connectivity index is 1.98. The third kappa shape index (κ3) is 4.39. The topological polar surface area (TPSA) is 76.7 Å². The van der Waals surface area contributed by atoms with Gasteiger partial charge in [-0.1, -0.05) is 6.92 Å². The maximum Gasteiger partial charge on any atom is 0.227 e. The molecule has 5 nitrogen and oxygen atoms in total. The molecule has 0 aromatic carbocycles. The van der Waals surface area contributed by atoms with Crippen molar-refractivity contribution in [2.45, 2.75) is 53.0 Å². The van der Waals surface area contributed by atoms with Gasteiger partial charge in [-0.15, -0.1) is 11.3 Å². The second-order valence-electron chi connectivity index (χ2n) is 5.29. The minimum absolute atomic E-state index is 0.268. The van der Waals surface area contributed by atoms with Gasteiger partial charge in [-0.25, -0.2) is 0 Å². The average molecular weight is 305 g/mol. The fourth-order valence-electron chi connectivity index (χ4n) is 2.39. The summed E-state index contributed by atoms with van der Waals surface area (Å²) in [6.45, 7) is 8.34. The molecule has 0 spiro atoms. The summed E-state index contributed by atoms with van der Waals surface area (Å²) in [7, 11) is 0. The van der Waals surface area contributed by atoms with Crippen LogP contribution in [0.2, 0.25) is 0 Å². The molecule has 2 aromatic heterocycles. The Morgan fingerprint density at radius 2 is 2.00 bits per heavy atom. The maximum atomic E-state index is 5.66. The molecular formula is C15H23N5S. The number of thiophene rings is 1. The zero-order chi connectivity index (χ0) is 15.4. The number of nitrogens with zero attached hydrogens (tertiary/aromatic N) is 3. The van der Waals surface area contributed by atoms with Gasteiger partial charge < -0.3 is 11.1 Å². The molecule has 6 heteroatoms. The summed E-state index contributed by atoms with van der Waals surface area (Å²) < 4.78 is 0. The van der Waals surface area contributed by atoms with Crippen molar-refractivity contribution in [2.75, 3.05) is 11.1 Å². The summed E-state index contributed by atoms with van der Waals surface area (Å²) in [5, 5.41) is 3.37. The Morgan fingerprint density at radius 3 is 2.57 bits per heavy atom. The van der Waals surface area contributed by atoms with Gasteiger partial charge in [0.15, 0.2) is 0 Å². The Morgan fingerprint density at radius 1 is 1.24 bits per heavy atom. The molecule has 21 heavy (non-hydrogen) atoms. The third-order valence-electron chi connectivity index (χ3n) is 3.50. The number of aryl methyl sites for hydroxylation is 4. The van der Waals surface area contributed by atoms with E-state index < -0.39 is 0 Å². The lowest BCUT2D eigenvalue weighted by molar-refractivity contribution is 0.626. The van der Waals surface area contributed by atoms with Gasteiger partial charge in [0, 0.05) is 15.8 Å². The minimum Gasteiger partial charge on any atom is -0.368 e. The number of nitrogen functional groups attached to an aromatic ring is 1. The van der Waals surface area contributed by atoms with E-state index in [4.69, 9.17) is 5.73 Å². The van der Waals surface area contributed by atoms with Crippen LogP contribution in [0.15, 0.2) is 6.07 Å². The molecule has 0 radical (unpaired) electrons.